The Balaban J connectivity index is 2.89. The Hall–Kier alpha value is -1.31. The maximum absolute atomic E-state index is 12.0. The number of hydrogen-bond donors (Lipinski definition) is 1. The van der Waals surface area contributed by atoms with Crippen molar-refractivity contribution in [3.63, 3.8) is 0 Å². The predicted octanol–water partition coefficient (Wildman–Crippen LogP) is 1.50. The van der Waals surface area contributed by atoms with Crippen LogP contribution in [-0.4, -0.2) is 47.9 Å². The number of ether oxygens (including phenoxy) is 1. The highest BCUT2D eigenvalue weighted by atomic mass is 35.5. The summed E-state index contributed by atoms with van der Waals surface area (Å²) in [5, 5.41) is 2.99. The van der Waals surface area contributed by atoms with Gasteiger partial charge in [0.05, 0.1) is 17.0 Å². The molecular formula is C13H19ClN2O4S. The van der Waals surface area contributed by atoms with E-state index in [0.29, 0.717) is 25.1 Å². The van der Waals surface area contributed by atoms with Gasteiger partial charge >= 0.3 is 0 Å². The molecule has 0 spiro atoms. The van der Waals surface area contributed by atoms with E-state index >= 15 is 0 Å². The highest BCUT2D eigenvalue weighted by molar-refractivity contribution is 7.92. The molecular weight excluding hydrogens is 316 g/mol. The van der Waals surface area contributed by atoms with Gasteiger partial charge in [-0.3, -0.25) is 9.10 Å². The molecule has 8 heteroatoms. The van der Waals surface area contributed by atoms with Crippen molar-refractivity contribution >= 4 is 33.2 Å². The quantitative estimate of drug-likeness (QED) is 0.767. The van der Waals surface area contributed by atoms with Crippen molar-refractivity contribution in [3.05, 3.63) is 28.8 Å². The molecule has 1 rings (SSSR count). The Morgan fingerprint density at radius 2 is 2.10 bits per heavy atom. The van der Waals surface area contributed by atoms with Crippen LogP contribution in [0.2, 0.25) is 5.02 Å². The summed E-state index contributed by atoms with van der Waals surface area (Å²) in [6.45, 7) is 1.04. The van der Waals surface area contributed by atoms with Gasteiger partial charge in [-0.25, -0.2) is 8.42 Å². The first-order valence-corrected chi connectivity index (χ1v) is 8.50. The number of nitrogens with one attached hydrogen (secondary N) is 1. The molecule has 0 fully saturated rings. The van der Waals surface area contributed by atoms with E-state index in [4.69, 9.17) is 16.3 Å². The number of anilines is 1. The third-order valence-corrected chi connectivity index (χ3v) is 4.37. The second-order valence-electron chi connectivity index (χ2n) is 4.50. The summed E-state index contributed by atoms with van der Waals surface area (Å²) in [5.74, 6) is -0.286. The van der Waals surface area contributed by atoms with E-state index in [-0.39, 0.29) is 16.6 Å². The number of carbonyl (C=O) groups excluding carboxylic acids is 1. The molecule has 0 aliphatic rings. The molecule has 118 valence electrons. The van der Waals surface area contributed by atoms with E-state index < -0.39 is 10.0 Å². The second-order valence-corrected chi connectivity index (χ2v) is 6.92. The Morgan fingerprint density at radius 3 is 2.67 bits per heavy atom. The molecule has 0 aromatic heterocycles. The van der Waals surface area contributed by atoms with Crippen LogP contribution >= 0.6 is 11.6 Å². The average molecular weight is 335 g/mol. The van der Waals surface area contributed by atoms with Gasteiger partial charge in [0.25, 0.3) is 5.91 Å². The van der Waals surface area contributed by atoms with Crippen LogP contribution < -0.4 is 9.62 Å². The Labute approximate surface area is 130 Å². The molecule has 1 N–H and O–H groups in total. The summed E-state index contributed by atoms with van der Waals surface area (Å²) < 4.78 is 29.1. The zero-order chi connectivity index (χ0) is 16.0. The monoisotopic (exact) mass is 334 g/mol. The summed E-state index contributed by atoms with van der Waals surface area (Å²) in [6, 6.07) is 4.51. The van der Waals surface area contributed by atoms with E-state index in [2.05, 4.69) is 5.32 Å². The third-order valence-electron chi connectivity index (χ3n) is 2.86. The molecule has 21 heavy (non-hydrogen) atoms. The van der Waals surface area contributed by atoms with Crippen molar-refractivity contribution in [2.24, 2.45) is 0 Å². The molecule has 1 aromatic rings. The number of benzene rings is 1. The van der Waals surface area contributed by atoms with Crippen LogP contribution in [0.15, 0.2) is 18.2 Å². The number of methoxy groups -OCH3 is 1. The van der Waals surface area contributed by atoms with Crippen LogP contribution in [0.3, 0.4) is 0 Å². The number of hydrogen-bond acceptors (Lipinski definition) is 4. The van der Waals surface area contributed by atoms with Crippen molar-refractivity contribution < 1.29 is 17.9 Å². The molecule has 6 nitrogen and oxygen atoms in total. The lowest BCUT2D eigenvalue weighted by molar-refractivity contribution is 0.0948. The van der Waals surface area contributed by atoms with Crippen molar-refractivity contribution in [1.29, 1.82) is 0 Å². The minimum Gasteiger partial charge on any atom is -0.385 e. The van der Waals surface area contributed by atoms with Crippen LogP contribution in [0.4, 0.5) is 5.69 Å². The minimum atomic E-state index is -3.44. The number of rotatable bonds is 7. The molecule has 0 atom stereocenters. The lowest BCUT2D eigenvalue weighted by Crippen LogP contribution is -2.27. The molecule has 0 aliphatic heterocycles. The zero-order valence-corrected chi connectivity index (χ0v) is 13.8. The van der Waals surface area contributed by atoms with Crippen LogP contribution in [-0.2, 0) is 14.8 Å². The third kappa shape index (κ3) is 5.18. The van der Waals surface area contributed by atoms with Gasteiger partial charge in [-0.1, -0.05) is 11.6 Å². The van der Waals surface area contributed by atoms with Crippen molar-refractivity contribution in [2.75, 3.05) is 37.9 Å². The standard InChI is InChI=1S/C13H19ClN2O4S/c1-16(21(3,18)19)12-9-10(5-6-11(12)14)13(17)15-7-4-8-20-2/h5-6,9H,4,7-8H2,1-3H3,(H,15,17). The first kappa shape index (κ1) is 17.7. The van der Waals surface area contributed by atoms with E-state index in [9.17, 15) is 13.2 Å². The molecule has 1 amide bonds. The molecule has 0 unspecified atom stereocenters. The predicted molar refractivity (Wildman–Crippen MR) is 83.5 cm³/mol. The van der Waals surface area contributed by atoms with Crippen molar-refractivity contribution in [1.82, 2.24) is 5.32 Å². The average Bonchev–Trinajstić information content (AvgIpc) is 2.42. The first-order valence-electron chi connectivity index (χ1n) is 6.28. The molecule has 0 bridgehead atoms. The topological polar surface area (TPSA) is 75.7 Å². The lowest BCUT2D eigenvalue weighted by Gasteiger charge is -2.18. The largest absolute Gasteiger partial charge is 0.385 e. The molecule has 0 aliphatic carbocycles. The smallest absolute Gasteiger partial charge is 0.251 e. The fraction of sp³-hybridized carbons (Fsp3) is 0.462. The number of carbonyl (C=O) groups is 1. The Morgan fingerprint density at radius 1 is 1.43 bits per heavy atom. The van der Waals surface area contributed by atoms with Gasteiger partial charge in [0.15, 0.2) is 0 Å². The van der Waals surface area contributed by atoms with Gasteiger partial charge in [-0.05, 0) is 24.6 Å². The van der Waals surface area contributed by atoms with Gasteiger partial charge in [-0.2, -0.15) is 0 Å². The first-order chi connectivity index (χ1) is 9.77. The van der Waals surface area contributed by atoms with E-state index in [1.807, 2.05) is 0 Å². The summed E-state index contributed by atoms with van der Waals surface area (Å²) in [4.78, 5) is 12.0. The summed E-state index contributed by atoms with van der Waals surface area (Å²) >= 11 is 5.99. The number of halogens is 1. The SMILES string of the molecule is COCCCNC(=O)c1ccc(Cl)c(N(C)S(C)(=O)=O)c1. The summed E-state index contributed by atoms with van der Waals surface area (Å²) in [5.41, 5.74) is 0.617. The van der Waals surface area contributed by atoms with Crippen molar-refractivity contribution in [3.8, 4) is 0 Å². The maximum Gasteiger partial charge on any atom is 0.251 e. The normalized spacial score (nSPS) is 11.2. The molecule has 0 heterocycles. The van der Waals surface area contributed by atoms with Gasteiger partial charge in [-0.15, -0.1) is 0 Å². The molecule has 1 aromatic carbocycles. The van der Waals surface area contributed by atoms with Crippen LogP contribution in [0.1, 0.15) is 16.8 Å². The van der Waals surface area contributed by atoms with Gasteiger partial charge in [0.2, 0.25) is 10.0 Å². The number of nitrogens with zero attached hydrogens (tertiary/aromatic N) is 1. The maximum atomic E-state index is 12.0. The lowest BCUT2D eigenvalue weighted by atomic mass is 10.2. The second kappa shape index (κ2) is 7.63. The van der Waals surface area contributed by atoms with Crippen LogP contribution in [0.25, 0.3) is 0 Å². The van der Waals surface area contributed by atoms with Crippen molar-refractivity contribution in [2.45, 2.75) is 6.42 Å². The Bertz CT molecular complexity index is 604. The fourth-order valence-electron chi connectivity index (χ4n) is 1.59. The number of amides is 1. The van der Waals surface area contributed by atoms with Gasteiger partial charge in [0.1, 0.15) is 0 Å². The van der Waals surface area contributed by atoms with E-state index in [1.165, 1.54) is 19.2 Å². The summed E-state index contributed by atoms with van der Waals surface area (Å²) in [6.07, 6.45) is 1.77. The zero-order valence-electron chi connectivity index (χ0n) is 12.2. The fourth-order valence-corrected chi connectivity index (χ4v) is 2.40. The minimum absolute atomic E-state index is 0.263. The molecule has 0 saturated heterocycles. The van der Waals surface area contributed by atoms with Crippen LogP contribution in [0.5, 0.6) is 0 Å². The van der Waals surface area contributed by atoms with E-state index in [1.54, 1.807) is 13.2 Å². The Kier molecular flexibility index (Phi) is 6.44. The van der Waals surface area contributed by atoms with E-state index in [0.717, 1.165) is 10.6 Å². The molecule has 0 radical (unpaired) electrons. The highest BCUT2D eigenvalue weighted by Gasteiger charge is 2.17. The summed E-state index contributed by atoms with van der Waals surface area (Å²) in [7, 11) is -0.467. The van der Waals surface area contributed by atoms with Gasteiger partial charge in [0, 0.05) is 32.9 Å². The molecule has 0 saturated carbocycles. The number of sulfonamides is 1. The van der Waals surface area contributed by atoms with Crippen LogP contribution in [0, 0.1) is 0 Å². The highest BCUT2D eigenvalue weighted by Crippen LogP contribution is 2.27. The van der Waals surface area contributed by atoms with Gasteiger partial charge < -0.3 is 10.1 Å².